The molecule has 0 aromatic carbocycles. The van der Waals surface area contributed by atoms with E-state index >= 15 is 0 Å². The molecular formula is C8H9ClN6. The maximum absolute atomic E-state index is 5.83. The molecule has 0 bridgehead atoms. The van der Waals surface area contributed by atoms with Crippen LogP contribution in [0.3, 0.4) is 0 Å². The number of halogens is 1. The zero-order valence-corrected chi connectivity index (χ0v) is 8.81. The molecule has 1 N–H and O–H groups in total. The first-order valence-electron chi connectivity index (χ1n) is 4.30. The maximum Gasteiger partial charge on any atom is 0.171 e. The molecule has 0 aliphatic carbocycles. The molecule has 0 fully saturated rings. The van der Waals surface area contributed by atoms with E-state index in [2.05, 4.69) is 25.4 Å². The highest BCUT2D eigenvalue weighted by Crippen LogP contribution is 2.14. The van der Waals surface area contributed by atoms with Crippen LogP contribution >= 0.6 is 11.6 Å². The number of rotatable bonds is 3. The summed E-state index contributed by atoms with van der Waals surface area (Å²) < 4.78 is 1.68. The lowest BCUT2D eigenvalue weighted by molar-refractivity contribution is 0.711. The van der Waals surface area contributed by atoms with E-state index in [-0.39, 0.29) is 0 Å². The first kappa shape index (κ1) is 9.85. The lowest BCUT2D eigenvalue weighted by atomic mass is 10.5. The number of nitrogens with one attached hydrogen (secondary N) is 1. The van der Waals surface area contributed by atoms with Crippen LogP contribution in [0, 0.1) is 0 Å². The Kier molecular flexibility index (Phi) is 2.77. The monoisotopic (exact) mass is 224 g/mol. The lowest BCUT2D eigenvalue weighted by Crippen LogP contribution is -2.08. The van der Waals surface area contributed by atoms with Crippen molar-refractivity contribution in [3.8, 4) is 0 Å². The molecule has 2 rings (SSSR count). The Hall–Kier alpha value is -1.69. The average Bonchev–Trinajstić information content (AvgIpc) is 2.63. The largest absolute Gasteiger partial charge is 0.360 e. The molecule has 78 valence electrons. The molecule has 2 heterocycles. The fraction of sp³-hybridized carbons (Fsp3) is 0.250. The Morgan fingerprint density at radius 2 is 2.13 bits per heavy atom. The third-order valence-electron chi connectivity index (χ3n) is 1.87. The standard InChI is InChI=1S/C8H9ClN6/c1-15-6(13-5-14-15)4-12-8-7(9)10-2-3-11-8/h2-3,5H,4H2,1H3,(H,11,12). The molecule has 0 saturated heterocycles. The van der Waals surface area contributed by atoms with Crippen LogP contribution < -0.4 is 5.32 Å². The van der Waals surface area contributed by atoms with Crippen molar-refractivity contribution < 1.29 is 0 Å². The second kappa shape index (κ2) is 4.22. The van der Waals surface area contributed by atoms with Gasteiger partial charge in [0.2, 0.25) is 0 Å². The summed E-state index contributed by atoms with van der Waals surface area (Å²) in [6.07, 6.45) is 4.61. The molecule has 2 aromatic heterocycles. The van der Waals surface area contributed by atoms with E-state index in [1.807, 2.05) is 7.05 Å². The van der Waals surface area contributed by atoms with E-state index in [9.17, 15) is 0 Å². The minimum Gasteiger partial charge on any atom is -0.360 e. The van der Waals surface area contributed by atoms with E-state index in [0.717, 1.165) is 5.82 Å². The molecule has 0 atom stereocenters. The molecule has 0 radical (unpaired) electrons. The molecule has 0 saturated carbocycles. The molecule has 15 heavy (non-hydrogen) atoms. The van der Waals surface area contributed by atoms with Crippen LogP contribution in [0.4, 0.5) is 5.82 Å². The summed E-state index contributed by atoms with van der Waals surface area (Å²) in [4.78, 5) is 12.0. The van der Waals surface area contributed by atoms with E-state index in [4.69, 9.17) is 11.6 Å². The van der Waals surface area contributed by atoms with E-state index in [1.54, 1.807) is 10.9 Å². The van der Waals surface area contributed by atoms with Crippen molar-refractivity contribution in [3.05, 3.63) is 29.7 Å². The van der Waals surface area contributed by atoms with Crippen LogP contribution in [0.25, 0.3) is 0 Å². The van der Waals surface area contributed by atoms with Crippen molar-refractivity contribution in [2.75, 3.05) is 5.32 Å². The number of hydrogen-bond donors (Lipinski definition) is 1. The van der Waals surface area contributed by atoms with Crippen molar-refractivity contribution in [2.24, 2.45) is 7.05 Å². The topological polar surface area (TPSA) is 68.5 Å². The zero-order chi connectivity index (χ0) is 10.7. The highest BCUT2D eigenvalue weighted by atomic mass is 35.5. The van der Waals surface area contributed by atoms with Crippen molar-refractivity contribution in [1.29, 1.82) is 0 Å². The second-order valence-corrected chi connectivity index (χ2v) is 3.21. The van der Waals surface area contributed by atoms with Gasteiger partial charge in [0.1, 0.15) is 12.2 Å². The summed E-state index contributed by atoms with van der Waals surface area (Å²) >= 11 is 5.83. The summed E-state index contributed by atoms with van der Waals surface area (Å²) in [5.41, 5.74) is 0. The number of anilines is 1. The first-order chi connectivity index (χ1) is 7.27. The quantitative estimate of drug-likeness (QED) is 0.838. The van der Waals surface area contributed by atoms with Crippen molar-refractivity contribution in [2.45, 2.75) is 6.54 Å². The Labute approximate surface area is 91.3 Å². The zero-order valence-electron chi connectivity index (χ0n) is 8.05. The fourth-order valence-corrected chi connectivity index (χ4v) is 1.25. The highest BCUT2D eigenvalue weighted by molar-refractivity contribution is 6.31. The van der Waals surface area contributed by atoms with Crippen molar-refractivity contribution in [3.63, 3.8) is 0 Å². The molecule has 2 aromatic rings. The maximum atomic E-state index is 5.83. The Bertz CT molecular complexity index is 454. The number of nitrogens with zero attached hydrogens (tertiary/aromatic N) is 5. The van der Waals surface area contributed by atoms with Crippen LogP contribution in [0.5, 0.6) is 0 Å². The molecule has 6 nitrogen and oxygen atoms in total. The van der Waals surface area contributed by atoms with Gasteiger partial charge in [-0.15, -0.1) is 0 Å². The summed E-state index contributed by atoms with van der Waals surface area (Å²) in [6, 6.07) is 0. The van der Waals surface area contributed by atoms with Gasteiger partial charge in [0.05, 0.1) is 6.54 Å². The molecule has 0 aliphatic heterocycles. The van der Waals surface area contributed by atoms with Gasteiger partial charge in [-0.3, -0.25) is 4.68 Å². The van der Waals surface area contributed by atoms with Crippen molar-refractivity contribution in [1.82, 2.24) is 24.7 Å². The van der Waals surface area contributed by atoms with Gasteiger partial charge in [0.15, 0.2) is 11.0 Å². The number of aromatic nitrogens is 5. The van der Waals surface area contributed by atoms with Crippen LogP contribution in [0.15, 0.2) is 18.7 Å². The smallest absolute Gasteiger partial charge is 0.171 e. The van der Waals surface area contributed by atoms with Gasteiger partial charge in [-0.1, -0.05) is 11.6 Å². The molecule has 0 unspecified atom stereocenters. The molecular weight excluding hydrogens is 216 g/mol. The number of aryl methyl sites for hydroxylation is 1. The minimum atomic E-state index is 0.347. The van der Waals surface area contributed by atoms with Crippen LogP contribution in [-0.4, -0.2) is 24.7 Å². The summed E-state index contributed by atoms with van der Waals surface area (Å²) in [6.45, 7) is 0.509. The Morgan fingerprint density at radius 3 is 2.80 bits per heavy atom. The molecule has 0 aliphatic rings. The van der Waals surface area contributed by atoms with Gasteiger partial charge in [0, 0.05) is 19.4 Å². The summed E-state index contributed by atoms with van der Waals surface area (Å²) in [7, 11) is 1.82. The van der Waals surface area contributed by atoms with Gasteiger partial charge in [-0.2, -0.15) is 5.10 Å². The summed E-state index contributed by atoms with van der Waals surface area (Å²) in [5.74, 6) is 1.35. The molecule has 0 amide bonds. The normalized spacial score (nSPS) is 10.3. The molecule has 7 heteroatoms. The van der Waals surface area contributed by atoms with E-state index in [1.165, 1.54) is 12.5 Å². The molecule has 0 spiro atoms. The first-order valence-corrected chi connectivity index (χ1v) is 4.68. The van der Waals surface area contributed by atoms with Gasteiger partial charge in [-0.25, -0.2) is 15.0 Å². The SMILES string of the molecule is Cn1ncnc1CNc1nccnc1Cl. The van der Waals surface area contributed by atoms with Crippen molar-refractivity contribution >= 4 is 17.4 Å². The van der Waals surface area contributed by atoms with Crippen LogP contribution in [-0.2, 0) is 13.6 Å². The minimum absolute atomic E-state index is 0.347. The lowest BCUT2D eigenvalue weighted by Gasteiger charge is -2.04. The predicted molar refractivity (Wildman–Crippen MR) is 55.4 cm³/mol. The Morgan fingerprint density at radius 1 is 1.33 bits per heavy atom. The van der Waals surface area contributed by atoms with Gasteiger partial charge in [0.25, 0.3) is 0 Å². The predicted octanol–water partition coefficient (Wildman–Crippen LogP) is 0.871. The highest BCUT2D eigenvalue weighted by Gasteiger charge is 2.03. The second-order valence-electron chi connectivity index (χ2n) is 2.85. The Balaban J connectivity index is 2.06. The van der Waals surface area contributed by atoms with E-state index < -0.39 is 0 Å². The van der Waals surface area contributed by atoms with Crippen LogP contribution in [0.2, 0.25) is 5.15 Å². The van der Waals surface area contributed by atoms with Gasteiger partial charge in [-0.05, 0) is 0 Å². The van der Waals surface area contributed by atoms with E-state index in [0.29, 0.717) is 17.5 Å². The van der Waals surface area contributed by atoms with Gasteiger partial charge >= 0.3 is 0 Å². The third kappa shape index (κ3) is 2.21. The summed E-state index contributed by atoms with van der Waals surface area (Å²) in [5, 5.41) is 7.32. The fourth-order valence-electron chi connectivity index (χ4n) is 1.08. The van der Waals surface area contributed by atoms with Crippen LogP contribution in [0.1, 0.15) is 5.82 Å². The van der Waals surface area contributed by atoms with Gasteiger partial charge < -0.3 is 5.32 Å². The third-order valence-corrected chi connectivity index (χ3v) is 2.15. The average molecular weight is 225 g/mol. The number of hydrogen-bond acceptors (Lipinski definition) is 5.